The fourth-order valence-corrected chi connectivity index (χ4v) is 2.45. The number of nitriles is 1. The van der Waals surface area contributed by atoms with E-state index in [2.05, 4.69) is 49.5 Å². The molecule has 0 aliphatic rings. The van der Waals surface area contributed by atoms with Crippen LogP contribution >= 0.6 is 0 Å². The highest BCUT2D eigenvalue weighted by molar-refractivity contribution is 5.87. The monoisotopic (exact) mass is 337 g/mol. The second-order valence-corrected chi connectivity index (χ2v) is 5.99. The number of ether oxygens (including phenoxy) is 1. The fraction of sp³-hybridized carbons (Fsp3) is 0.300. The molecule has 1 amide bonds. The van der Waals surface area contributed by atoms with Gasteiger partial charge in [-0.2, -0.15) is 5.26 Å². The second kappa shape index (κ2) is 8.20. The van der Waals surface area contributed by atoms with Gasteiger partial charge >= 0.3 is 6.09 Å². The lowest BCUT2D eigenvalue weighted by atomic mass is 10.0. The van der Waals surface area contributed by atoms with Crippen LogP contribution in [0, 0.1) is 11.3 Å². The normalized spacial score (nSPS) is 10.2. The van der Waals surface area contributed by atoms with E-state index in [-0.39, 0.29) is 6.61 Å². The highest BCUT2D eigenvalue weighted by Crippen LogP contribution is 2.28. The number of nitrogens with one attached hydrogen (secondary N) is 1. The molecule has 2 aromatic rings. The van der Waals surface area contributed by atoms with E-state index in [9.17, 15) is 10.1 Å². The van der Waals surface area contributed by atoms with E-state index in [1.807, 2.05) is 18.0 Å². The van der Waals surface area contributed by atoms with Gasteiger partial charge in [0.2, 0.25) is 0 Å². The molecule has 0 saturated carbocycles. The number of carbonyl (C=O) groups is 1. The molecule has 2 rings (SSSR count). The van der Waals surface area contributed by atoms with Crippen molar-refractivity contribution < 1.29 is 9.53 Å². The Bertz CT molecular complexity index is 777. The summed E-state index contributed by atoms with van der Waals surface area (Å²) in [5.74, 6) is 0.484. The summed E-state index contributed by atoms with van der Waals surface area (Å²) >= 11 is 0. The topological polar surface area (TPSA) is 65.4 Å². The maximum atomic E-state index is 11.6. The van der Waals surface area contributed by atoms with Crippen molar-refractivity contribution in [3.05, 3.63) is 53.6 Å². The number of hydrogen-bond acceptors (Lipinski definition) is 4. The first-order valence-corrected chi connectivity index (χ1v) is 8.27. The van der Waals surface area contributed by atoms with Gasteiger partial charge in [0, 0.05) is 18.4 Å². The summed E-state index contributed by atoms with van der Waals surface area (Å²) in [5.41, 5.74) is 4.00. The van der Waals surface area contributed by atoms with Crippen LogP contribution in [0.5, 0.6) is 0 Å². The van der Waals surface area contributed by atoms with Crippen molar-refractivity contribution in [2.45, 2.75) is 26.7 Å². The zero-order chi connectivity index (χ0) is 18.4. The Morgan fingerprint density at radius 2 is 1.84 bits per heavy atom. The third kappa shape index (κ3) is 4.51. The molecule has 0 fully saturated rings. The molecule has 25 heavy (non-hydrogen) atoms. The van der Waals surface area contributed by atoms with Crippen molar-refractivity contribution >= 4 is 23.2 Å². The molecule has 5 nitrogen and oxygen atoms in total. The summed E-state index contributed by atoms with van der Waals surface area (Å²) in [6.45, 7) is 6.33. The van der Waals surface area contributed by atoms with Crippen LogP contribution in [-0.4, -0.2) is 19.7 Å². The molecule has 0 bridgehead atoms. The minimum atomic E-state index is -0.565. The molecule has 0 radical (unpaired) electrons. The molecular formula is C20H23N3O2. The number of hydrogen-bond donors (Lipinski definition) is 1. The highest BCUT2D eigenvalue weighted by Gasteiger charge is 2.11. The molecule has 0 aliphatic carbocycles. The van der Waals surface area contributed by atoms with Crippen molar-refractivity contribution in [2.24, 2.45) is 0 Å². The molecule has 5 heteroatoms. The molecule has 130 valence electrons. The molecule has 1 N–H and O–H groups in total. The van der Waals surface area contributed by atoms with Gasteiger partial charge < -0.3 is 9.64 Å². The van der Waals surface area contributed by atoms with E-state index in [0.29, 0.717) is 17.2 Å². The van der Waals surface area contributed by atoms with E-state index in [0.717, 1.165) is 11.4 Å². The number of benzene rings is 2. The van der Waals surface area contributed by atoms with Crippen LogP contribution < -0.4 is 10.2 Å². The smallest absolute Gasteiger partial charge is 0.411 e. The van der Waals surface area contributed by atoms with Crippen LogP contribution in [-0.2, 0) is 4.74 Å². The van der Waals surface area contributed by atoms with Crippen LogP contribution in [0.2, 0.25) is 0 Å². The Morgan fingerprint density at radius 1 is 1.20 bits per heavy atom. The SMILES string of the molecule is CCOC(=O)Nc1ccc(N(C)c2ccc(C(C)C)cc2)cc1C#N. The van der Waals surface area contributed by atoms with Gasteiger partial charge in [-0.25, -0.2) is 4.79 Å². The summed E-state index contributed by atoms with van der Waals surface area (Å²) in [5, 5.41) is 12.0. The number of nitrogens with zero attached hydrogens (tertiary/aromatic N) is 2. The van der Waals surface area contributed by atoms with E-state index in [1.54, 1.807) is 19.1 Å². The molecule has 0 aromatic heterocycles. The van der Waals surface area contributed by atoms with Gasteiger partial charge in [0.05, 0.1) is 17.9 Å². The number of amides is 1. The average molecular weight is 337 g/mol. The van der Waals surface area contributed by atoms with Crippen LogP contribution in [0.4, 0.5) is 21.9 Å². The van der Waals surface area contributed by atoms with Gasteiger partial charge in [-0.05, 0) is 48.7 Å². The van der Waals surface area contributed by atoms with E-state index >= 15 is 0 Å². The Morgan fingerprint density at radius 3 is 2.40 bits per heavy atom. The fourth-order valence-electron chi connectivity index (χ4n) is 2.45. The van der Waals surface area contributed by atoms with Crippen LogP contribution in [0.1, 0.15) is 37.8 Å². The molecule has 0 unspecified atom stereocenters. The zero-order valence-corrected chi connectivity index (χ0v) is 15.0. The van der Waals surface area contributed by atoms with Gasteiger partial charge in [0.1, 0.15) is 6.07 Å². The minimum absolute atomic E-state index is 0.279. The zero-order valence-electron chi connectivity index (χ0n) is 15.0. The standard InChI is InChI=1S/C20H23N3O2/c1-5-25-20(24)22-19-11-10-18(12-16(19)13-21)23(4)17-8-6-15(7-9-17)14(2)3/h6-12,14H,5H2,1-4H3,(H,22,24). The quantitative estimate of drug-likeness (QED) is 0.832. The van der Waals surface area contributed by atoms with Crippen molar-refractivity contribution in [3.8, 4) is 6.07 Å². The maximum absolute atomic E-state index is 11.6. The highest BCUT2D eigenvalue weighted by atomic mass is 16.5. The molecule has 0 spiro atoms. The van der Waals surface area contributed by atoms with Crippen molar-refractivity contribution in [3.63, 3.8) is 0 Å². The number of rotatable bonds is 5. The molecule has 0 saturated heterocycles. The number of carbonyl (C=O) groups excluding carboxylic acids is 1. The Kier molecular flexibility index (Phi) is 6.02. The molecule has 2 aromatic carbocycles. The second-order valence-electron chi connectivity index (χ2n) is 5.99. The summed E-state index contributed by atoms with van der Waals surface area (Å²) in [6, 6.07) is 15.8. The Hall–Kier alpha value is -3.00. The lowest BCUT2D eigenvalue weighted by molar-refractivity contribution is 0.168. The third-order valence-electron chi connectivity index (χ3n) is 3.97. The Labute approximate surface area is 148 Å². The maximum Gasteiger partial charge on any atom is 0.411 e. The van der Waals surface area contributed by atoms with Gasteiger partial charge in [-0.1, -0.05) is 26.0 Å². The van der Waals surface area contributed by atoms with Gasteiger partial charge in [-0.15, -0.1) is 0 Å². The number of anilines is 3. The first-order chi connectivity index (χ1) is 12.0. The first-order valence-electron chi connectivity index (χ1n) is 8.27. The summed E-state index contributed by atoms with van der Waals surface area (Å²) in [6.07, 6.45) is -0.565. The van der Waals surface area contributed by atoms with E-state index in [1.165, 1.54) is 5.56 Å². The van der Waals surface area contributed by atoms with Crippen LogP contribution in [0.15, 0.2) is 42.5 Å². The lowest BCUT2D eigenvalue weighted by Gasteiger charge is -2.21. The molecule has 0 atom stereocenters. The first kappa shape index (κ1) is 18.3. The molecular weight excluding hydrogens is 314 g/mol. The third-order valence-corrected chi connectivity index (χ3v) is 3.97. The van der Waals surface area contributed by atoms with Crippen molar-refractivity contribution in [1.82, 2.24) is 0 Å². The largest absolute Gasteiger partial charge is 0.450 e. The predicted molar refractivity (Wildman–Crippen MR) is 100 cm³/mol. The van der Waals surface area contributed by atoms with Crippen LogP contribution in [0.3, 0.4) is 0 Å². The summed E-state index contributed by atoms with van der Waals surface area (Å²) < 4.78 is 4.85. The van der Waals surface area contributed by atoms with E-state index in [4.69, 9.17) is 4.74 Å². The van der Waals surface area contributed by atoms with Crippen LogP contribution in [0.25, 0.3) is 0 Å². The minimum Gasteiger partial charge on any atom is -0.450 e. The van der Waals surface area contributed by atoms with Crippen molar-refractivity contribution in [2.75, 3.05) is 23.9 Å². The van der Waals surface area contributed by atoms with Gasteiger partial charge in [0.15, 0.2) is 0 Å². The van der Waals surface area contributed by atoms with Crippen molar-refractivity contribution in [1.29, 1.82) is 5.26 Å². The summed E-state index contributed by atoms with van der Waals surface area (Å²) in [4.78, 5) is 13.6. The predicted octanol–water partition coefficient (Wildman–Crippen LogP) is 5.02. The lowest BCUT2D eigenvalue weighted by Crippen LogP contribution is -2.15. The summed E-state index contributed by atoms with van der Waals surface area (Å²) in [7, 11) is 1.94. The van der Waals surface area contributed by atoms with Gasteiger partial charge in [0.25, 0.3) is 0 Å². The molecule has 0 heterocycles. The average Bonchev–Trinajstić information content (AvgIpc) is 2.61. The Balaban J connectivity index is 2.24. The van der Waals surface area contributed by atoms with Gasteiger partial charge in [-0.3, -0.25) is 5.32 Å². The molecule has 0 aliphatic heterocycles. The van der Waals surface area contributed by atoms with E-state index < -0.39 is 6.09 Å².